The van der Waals surface area contributed by atoms with Crippen molar-refractivity contribution in [2.75, 3.05) is 11.9 Å². The number of pyridine rings is 1. The quantitative estimate of drug-likeness (QED) is 0.762. The van der Waals surface area contributed by atoms with Crippen LogP contribution in [-0.4, -0.2) is 23.5 Å². The first kappa shape index (κ1) is 13.3. The largest absolute Gasteiger partial charge is 0.370 e. The molecule has 1 heterocycles. The third-order valence-electron chi connectivity index (χ3n) is 2.91. The van der Waals surface area contributed by atoms with E-state index in [1.807, 2.05) is 6.92 Å². The van der Waals surface area contributed by atoms with E-state index in [1.54, 1.807) is 12.1 Å². The number of nitrogens with zero attached hydrogens (tertiary/aromatic N) is 2. The minimum Gasteiger partial charge on any atom is -0.370 e. The van der Waals surface area contributed by atoms with Crippen molar-refractivity contribution in [3.8, 4) is 6.07 Å². The van der Waals surface area contributed by atoms with Gasteiger partial charge >= 0.3 is 0 Å². The van der Waals surface area contributed by atoms with Crippen LogP contribution < -0.4 is 10.6 Å². The van der Waals surface area contributed by atoms with Gasteiger partial charge < -0.3 is 10.6 Å². The molecule has 1 aromatic heterocycles. The van der Waals surface area contributed by atoms with Crippen LogP contribution in [0.25, 0.3) is 0 Å². The van der Waals surface area contributed by atoms with Crippen LogP contribution in [0.1, 0.15) is 36.9 Å². The topological polar surface area (TPSA) is 77.8 Å². The van der Waals surface area contributed by atoms with E-state index in [0.29, 0.717) is 30.4 Å². The Hall–Kier alpha value is -2.09. The Morgan fingerprint density at radius 1 is 1.53 bits per heavy atom. The van der Waals surface area contributed by atoms with E-state index >= 15 is 0 Å². The molecular weight excluding hydrogens is 240 g/mol. The Bertz CT molecular complexity index is 503. The molecular formula is C14H18N4O. The summed E-state index contributed by atoms with van der Waals surface area (Å²) in [6.07, 6.45) is 3.53. The van der Waals surface area contributed by atoms with Gasteiger partial charge in [-0.05, 0) is 38.3 Å². The second-order valence-corrected chi connectivity index (χ2v) is 4.87. The SMILES string of the molecule is Cc1cc(C#N)cc(NCCCC(=O)NC2CC2)n1. The molecule has 1 aromatic rings. The van der Waals surface area contributed by atoms with E-state index in [0.717, 1.165) is 25.0 Å². The highest BCUT2D eigenvalue weighted by molar-refractivity contribution is 5.76. The van der Waals surface area contributed by atoms with Crippen LogP contribution in [0.2, 0.25) is 0 Å². The van der Waals surface area contributed by atoms with Gasteiger partial charge in [-0.25, -0.2) is 4.98 Å². The summed E-state index contributed by atoms with van der Waals surface area (Å²) in [5.41, 5.74) is 1.41. The first-order valence-electron chi connectivity index (χ1n) is 6.59. The Morgan fingerprint density at radius 2 is 2.32 bits per heavy atom. The monoisotopic (exact) mass is 258 g/mol. The molecule has 1 saturated carbocycles. The lowest BCUT2D eigenvalue weighted by Gasteiger charge is -2.07. The van der Waals surface area contributed by atoms with Crippen molar-refractivity contribution >= 4 is 11.7 Å². The van der Waals surface area contributed by atoms with Crippen molar-refractivity contribution in [1.82, 2.24) is 10.3 Å². The maximum atomic E-state index is 11.5. The number of anilines is 1. The molecule has 1 amide bonds. The lowest BCUT2D eigenvalue weighted by atomic mass is 10.2. The molecule has 1 aliphatic rings. The Labute approximate surface area is 113 Å². The molecule has 0 saturated heterocycles. The summed E-state index contributed by atoms with van der Waals surface area (Å²) in [7, 11) is 0. The molecule has 0 bridgehead atoms. The first-order chi connectivity index (χ1) is 9.17. The van der Waals surface area contributed by atoms with Crippen LogP contribution in [0.5, 0.6) is 0 Å². The van der Waals surface area contributed by atoms with E-state index in [9.17, 15) is 4.79 Å². The molecule has 0 unspecified atom stereocenters. The van der Waals surface area contributed by atoms with E-state index in [2.05, 4.69) is 21.7 Å². The van der Waals surface area contributed by atoms with Crippen LogP contribution in [0.15, 0.2) is 12.1 Å². The maximum absolute atomic E-state index is 11.5. The van der Waals surface area contributed by atoms with Gasteiger partial charge in [-0.3, -0.25) is 4.79 Å². The predicted octanol–water partition coefficient (Wildman–Crippen LogP) is 1.73. The van der Waals surface area contributed by atoms with Gasteiger partial charge in [-0.2, -0.15) is 5.26 Å². The molecule has 2 N–H and O–H groups in total. The zero-order chi connectivity index (χ0) is 13.7. The summed E-state index contributed by atoms with van der Waals surface area (Å²) >= 11 is 0. The predicted molar refractivity (Wildman–Crippen MR) is 72.6 cm³/mol. The van der Waals surface area contributed by atoms with Crippen molar-refractivity contribution in [2.24, 2.45) is 0 Å². The van der Waals surface area contributed by atoms with Gasteiger partial charge in [0.2, 0.25) is 5.91 Å². The number of hydrogen-bond donors (Lipinski definition) is 2. The number of rotatable bonds is 6. The fraction of sp³-hybridized carbons (Fsp3) is 0.500. The van der Waals surface area contributed by atoms with Gasteiger partial charge in [-0.1, -0.05) is 0 Å². The van der Waals surface area contributed by atoms with Crippen LogP contribution in [0.3, 0.4) is 0 Å². The van der Waals surface area contributed by atoms with Crippen LogP contribution >= 0.6 is 0 Å². The number of aromatic nitrogens is 1. The molecule has 2 rings (SSSR count). The van der Waals surface area contributed by atoms with Gasteiger partial charge in [0, 0.05) is 24.7 Å². The number of amides is 1. The third kappa shape index (κ3) is 4.59. The molecule has 100 valence electrons. The average Bonchev–Trinajstić information content (AvgIpc) is 3.18. The summed E-state index contributed by atoms with van der Waals surface area (Å²) in [5, 5.41) is 15.0. The molecule has 0 radical (unpaired) electrons. The standard InChI is InChI=1S/C14H18N4O/c1-10-7-11(9-15)8-13(17-10)16-6-2-3-14(19)18-12-4-5-12/h7-8,12H,2-6H2,1H3,(H,16,17)(H,18,19). The highest BCUT2D eigenvalue weighted by Crippen LogP contribution is 2.18. The Balaban J connectivity index is 1.71. The number of carbonyl (C=O) groups excluding carboxylic acids is 1. The van der Waals surface area contributed by atoms with E-state index in [1.165, 1.54) is 0 Å². The minimum atomic E-state index is 0.124. The molecule has 1 fully saturated rings. The van der Waals surface area contributed by atoms with Crippen molar-refractivity contribution in [3.05, 3.63) is 23.4 Å². The Morgan fingerprint density at radius 3 is 3.00 bits per heavy atom. The summed E-state index contributed by atoms with van der Waals surface area (Å²) in [5.74, 6) is 0.818. The summed E-state index contributed by atoms with van der Waals surface area (Å²) in [6, 6.07) is 5.99. The lowest BCUT2D eigenvalue weighted by Crippen LogP contribution is -2.25. The number of nitrogens with one attached hydrogen (secondary N) is 2. The van der Waals surface area contributed by atoms with Gasteiger partial charge in [0.05, 0.1) is 11.6 Å². The summed E-state index contributed by atoms with van der Waals surface area (Å²) < 4.78 is 0. The smallest absolute Gasteiger partial charge is 0.220 e. The zero-order valence-corrected chi connectivity index (χ0v) is 11.1. The van der Waals surface area contributed by atoms with Gasteiger partial charge in [-0.15, -0.1) is 0 Å². The molecule has 1 aliphatic carbocycles. The van der Waals surface area contributed by atoms with Crippen molar-refractivity contribution in [2.45, 2.75) is 38.6 Å². The highest BCUT2D eigenvalue weighted by Gasteiger charge is 2.22. The van der Waals surface area contributed by atoms with Gasteiger partial charge in [0.1, 0.15) is 5.82 Å². The van der Waals surface area contributed by atoms with E-state index in [-0.39, 0.29) is 5.91 Å². The normalized spacial score (nSPS) is 13.7. The second kappa shape index (κ2) is 6.19. The lowest BCUT2D eigenvalue weighted by molar-refractivity contribution is -0.121. The average molecular weight is 258 g/mol. The molecule has 0 aliphatic heterocycles. The van der Waals surface area contributed by atoms with Gasteiger partial charge in [0.25, 0.3) is 0 Å². The summed E-state index contributed by atoms with van der Waals surface area (Å²) in [4.78, 5) is 15.8. The van der Waals surface area contributed by atoms with Crippen LogP contribution in [0.4, 0.5) is 5.82 Å². The third-order valence-corrected chi connectivity index (χ3v) is 2.91. The first-order valence-corrected chi connectivity index (χ1v) is 6.59. The van der Waals surface area contributed by atoms with Crippen LogP contribution in [-0.2, 0) is 4.79 Å². The molecule has 5 nitrogen and oxygen atoms in total. The molecule has 0 aromatic carbocycles. The minimum absolute atomic E-state index is 0.124. The summed E-state index contributed by atoms with van der Waals surface area (Å²) in [6.45, 7) is 2.54. The Kier molecular flexibility index (Phi) is 4.35. The van der Waals surface area contributed by atoms with E-state index in [4.69, 9.17) is 5.26 Å². The molecule has 19 heavy (non-hydrogen) atoms. The number of hydrogen-bond acceptors (Lipinski definition) is 4. The fourth-order valence-corrected chi connectivity index (χ4v) is 1.82. The molecule has 0 atom stereocenters. The maximum Gasteiger partial charge on any atom is 0.220 e. The second-order valence-electron chi connectivity index (χ2n) is 4.87. The number of aryl methyl sites for hydroxylation is 1. The van der Waals surface area contributed by atoms with Crippen molar-refractivity contribution in [1.29, 1.82) is 5.26 Å². The zero-order valence-electron chi connectivity index (χ0n) is 11.1. The van der Waals surface area contributed by atoms with Gasteiger partial charge in [0.15, 0.2) is 0 Å². The van der Waals surface area contributed by atoms with Crippen LogP contribution in [0, 0.1) is 18.3 Å². The number of nitriles is 1. The van der Waals surface area contributed by atoms with E-state index < -0.39 is 0 Å². The fourth-order valence-electron chi connectivity index (χ4n) is 1.82. The highest BCUT2D eigenvalue weighted by atomic mass is 16.1. The molecule has 5 heteroatoms. The number of carbonyl (C=O) groups is 1. The van der Waals surface area contributed by atoms with Crippen molar-refractivity contribution < 1.29 is 4.79 Å². The molecule has 0 spiro atoms. The van der Waals surface area contributed by atoms with Crippen molar-refractivity contribution in [3.63, 3.8) is 0 Å².